The van der Waals surface area contributed by atoms with Crippen molar-refractivity contribution in [2.24, 2.45) is 5.92 Å². The van der Waals surface area contributed by atoms with Crippen LogP contribution >= 0.6 is 31.9 Å². The van der Waals surface area contributed by atoms with Crippen molar-refractivity contribution in [2.45, 2.75) is 28.9 Å². The van der Waals surface area contributed by atoms with E-state index in [1.54, 1.807) is 0 Å². The van der Waals surface area contributed by atoms with Gasteiger partial charge < -0.3 is 5.11 Å². The van der Waals surface area contributed by atoms with Crippen LogP contribution in [0.15, 0.2) is 0 Å². The summed E-state index contributed by atoms with van der Waals surface area (Å²) in [6.45, 7) is 0. The van der Waals surface area contributed by atoms with Crippen LogP contribution in [0.1, 0.15) is 19.3 Å². The number of carboxylic acid groups (broad SMARTS) is 1. The molecular formula is C7H10Br2O2. The zero-order valence-electron chi connectivity index (χ0n) is 5.96. The van der Waals surface area contributed by atoms with Gasteiger partial charge in [-0.05, 0) is 19.3 Å². The molecular weight excluding hydrogens is 276 g/mol. The van der Waals surface area contributed by atoms with Crippen molar-refractivity contribution in [2.75, 3.05) is 0 Å². The third kappa shape index (κ3) is 2.44. The summed E-state index contributed by atoms with van der Waals surface area (Å²) >= 11 is 6.94. The minimum atomic E-state index is -0.658. The van der Waals surface area contributed by atoms with E-state index in [-0.39, 0.29) is 5.92 Å². The van der Waals surface area contributed by atoms with Crippen LogP contribution in [0.5, 0.6) is 0 Å². The molecule has 0 radical (unpaired) electrons. The first-order valence-electron chi connectivity index (χ1n) is 3.62. The Labute approximate surface area is 82.6 Å². The Morgan fingerprint density at radius 2 is 1.91 bits per heavy atom. The first-order valence-corrected chi connectivity index (χ1v) is 5.45. The molecule has 0 spiro atoms. The molecule has 2 nitrogen and oxygen atoms in total. The fourth-order valence-corrected chi connectivity index (χ4v) is 2.50. The lowest BCUT2D eigenvalue weighted by molar-refractivity contribution is -0.142. The van der Waals surface area contributed by atoms with E-state index in [0.717, 1.165) is 19.3 Å². The lowest BCUT2D eigenvalue weighted by Gasteiger charge is -2.26. The van der Waals surface area contributed by atoms with E-state index in [0.29, 0.717) is 9.65 Å². The van der Waals surface area contributed by atoms with Crippen LogP contribution in [0.25, 0.3) is 0 Å². The predicted octanol–water partition coefficient (Wildman–Crippen LogP) is 2.40. The van der Waals surface area contributed by atoms with Crippen LogP contribution in [0, 0.1) is 5.92 Å². The molecule has 0 heterocycles. The molecule has 1 rings (SSSR count). The van der Waals surface area contributed by atoms with Crippen molar-refractivity contribution in [3.63, 3.8) is 0 Å². The lowest BCUT2D eigenvalue weighted by atomic mass is 9.89. The van der Waals surface area contributed by atoms with Crippen molar-refractivity contribution in [1.29, 1.82) is 0 Å². The molecule has 0 bridgehead atoms. The third-order valence-electron chi connectivity index (χ3n) is 2.04. The molecule has 1 aliphatic rings. The summed E-state index contributed by atoms with van der Waals surface area (Å²) in [5.74, 6) is -0.804. The highest BCUT2D eigenvalue weighted by Crippen LogP contribution is 2.33. The zero-order valence-corrected chi connectivity index (χ0v) is 9.14. The monoisotopic (exact) mass is 284 g/mol. The maximum Gasteiger partial charge on any atom is 0.306 e. The largest absolute Gasteiger partial charge is 0.481 e. The molecule has 0 aromatic rings. The van der Waals surface area contributed by atoms with Crippen LogP contribution < -0.4 is 0 Å². The van der Waals surface area contributed by atoms with Crippen molar-refractivity contribution < 1.29 is 9.90 Å². The van der Waals surface area contributed by atoms with E-state index in [1.165, 1.54) is 0 Å². The number of hydrogen-bond donors (Lipinski definition) is 1. The normalized spacial score (nSPS) is 38.5. The van der Waals surface area contributed by atoms with Gasteiger partial charge in [0.05, 0.1) is 5.92 Å². The van der Waals surface area contributed by atoms with E-state index in [2.05, 4.69) is 31.9 Å². The first-order chi connectivity index (χ1) is 5.11. The second kappa shape index (κ2) is 3.90. The van der Waals surface area contributed by atoms with Crippen LogP contribution in [-0.4, -0.2) is 20.7 Å². The molecule has 0 aromatic carbocycles. The molecule has 0 aromatic heterocycles. The van der Waals surface area contributed by atoms with Crippen LogP contribution in [-0.2, 0) is 4.79 Å². The number of halogens is 2. The summed E-state index contributed by atoms with van der Waals surface area (Å²) in [6.07, 6.45) is 2.49. The van der Waals surface area contributed by atoms with Gasteiger partial charge in [-0.25, -0.2) is 0 Å². The second-order valence-corrected chi connectivity index (χ2v) is 5.23. The average molecular weight is 286 g/mol. The standard InChI is InChI=1S/C7H10Br2O2/c8-5-2-1-4(7(10)11)3-6(5)9/h4-6H,1-3H2,(H,10,11)/t4-,5-,6+/m1/s1. The van der Waals surface area contributed by atoms with E-state index < -0.39 is 5.97 Å². The fourth-order valence-electron chi connectivity index (χ4n) is 1.30. The number of rotatable bonds is 1. The highest BCUT2D eigenvalue weighted by molar-refractivity contribution is 9.12. The van der Waals surface area contributed by atoms with Gasteiger partial charge >= 0.3 is 5.97 Å². The molecule has 1 aliphatic carbocycles. The van der Waals surface area contributed by atoms with E-state index >= 15 is 0 Å². The van der Waals surface area contributed by atoms with Gasteiger partial charge in [0.25, 0.3) is 0 Å². The Kier molecular flexibility index (Phi) is 3.37. The van der Waals surface area contributed by atoms with Gasteiger partial charge in [0.1, 0.15) is 0 Å². The molecule has 4 heteroatoms. The Balaban J connectivity index is 2.46. The predicted molar refractivity (Wildman–Crippen MR) is 50.4 cm³/mol. The molecule has 1 fully saturated rings. The van der Waals surface area contributed by atoms with Gasteiger partial charge in [0, 0.05) is 9.65 Å². The smallest absolute Gasteiger partial charge is 0.306 e. The van der Waals surface area contributed by atoms with Gasteiger partial charge in [-0.2, -0.15) is 0 Å². The second-order valence-electron chi connectivity index (χ2n) is 2.88. The van der Waals surface area contributed by atoms with Gasteiger partial charge in [-0.3, -0.25) is 4.79 Å². The van der Waals surface area contributed by atoms with Gasteiger partial charge in [-0.15, -0.1) is 0 Å². The van der Waals surface area contributed by atoms with Crippen LogP contribution in [0.4, 0.5) is 0 Å². The Bertz CT molecular complexity index is 161. The summed E-state index contributed by atoms with van der Waals surface area (Å²) < 4.78 is 0. The van der Waals surface area contributed by atoms with Crippen molar-refractivity contribution in [1.82, 2.24) is 0 Å². The van der Waals surface area contributed by atoms with Gasteiger partial charge in [-0.1, -0.05) is 31.9 Å². The third-order valence-corrected chi connectivity index (χ3v) is 4.86. The Morgan fingerprint density at radius 1 is 1.27 bits per heavy atom. The topological polar surface area (TPSA) is 37.3 Å². The molecule has 3 atom stereocenters. The molecule has 0 aliphatic heterocycles. The van der Waals surface area contributed by atoms with E-state index in [4.69, 9.17) is 5.11 Å². The molecule has 1 N–H and O–H groups in total. The number of alkyl halides is 2. The molecule has 64 valence electrons. The van der Waals surface area contributed by atoms with Crippen LogP contribution in [0.3, 0.4) is 0 Å². The Morgan fingerprint density at radius 3 is 2.36 bits per heavy atom. The highest BCUT2D eigenvalue weighted by Gasteiger charge is 2.30. The number of hydrogen-bond acceptors (Lipinski definition) is 1. The van der Waals surface area contributed by atoms with E-state index in [1.807, 2.05) is 0 Å². The summed E-state index contributed by atoms with van der Waals surface area (Å²) in [4.78, 5) is 11.3. The van der Waals surface area contributed by atoms with Crippen molar-refractivity contribution in [3.05, 3.63) is 0 Å². The van der Waals surface area contributed by atoms with Gasteiger partial charge in [0.15, 0.2) is 0 Å². The Hall–Kier alpha value is 0.430. The quantitative estimate of drug-likeness (QED) is 0.751. The number of aliphatic carboxylic acids is 1. The number of carbonyl (C=O) groups is 1. The van der Waals surface area contributed by atoms with Crippen LogP contribution in [0.2, 0.25) is 0 Å². The molecule has 0 amide bonds. The summed E-state index contributed by atoms with van der Waals surface area (Å²) in [6, 6.07) is 0. The maximum atomic E-state index is 10.6. The number of carboxylic acids is 1. The SMILES string of the molecule is O=C(O)[C@@H]1CC[C@@H](Br)[C@@H](Br)C1. The summed E-state index contributed by atoms with van der Waals surface area (Å²) in [5.41, 5.74) is 0. The van der Waals surface area contributed by atoms with Crippen molar-refractivity contribution in [3.8, 4) is 0 Å². The molecule has 11 heavy (non-hydrogen) atoms. The highest BCUT2D eigenvalue weighted by atomic mass is 79.9. The first kappa shape index (κ1) is 9.52. The fraction of sp³-hybridized carbons (Fsp3) is 0.857. The molecule has 0 saturated heterocycles. The van der Waals surface area contributed by atoms with E-state index in [9.17, 15) is 4.79 Å². The maximum absolute atomic E-state index is 10.6. The average Bonchev–Trinajstić information content (AvgIpc) is 1.94. The molecule has 1 saturated carbocycles. The van der Waals surface area contributed by atoms with Gasteiger partial charge in [0.2, 0.25) is 0 Å². The minimum absolute atomic E-state index is 0.145. The zero-order chi connectivity index (χ0) is 8.43. The minimum Gasteiger partial charge on any atom is -0.481 e. The van der Waals surface area contributed by atoms with Crippen molar-refractivity contribution >= 4 is 37.8 Å². The molecule has 0 unspecified atom stereocenters. The summed E-state index contributed by atoms with van der Waals surface area (Å²) in [7, 11) is 0. The summed E-state index contributed by atoms with van der Waals surface area (Å²) in [5, 5.41) is 8.71. The lowest BCUT2D eigenvalue weighted by Crippen LogP contribution is -2.29.